The van der Waals surface area contributed by atoms with Crippen molar-refractivity contribution in [3.05, 3.63) is 58.5 Å². The van der Waals surface area contributed by atoms with Crippen LogP contribution in [-0.4, -0.2) is 47.8 Å². The third-order valence-electron chi connectivity index (χ3n) is 4.16. The van der Waals surface area contributed by atoms with Gasteiger partial charge in [0.1, 0.15) is 5.76 Å². The Morgan fingerprint density at radius 2 is 1.79 bits per heavy atom. The average Bonchev–Trinajstić information content (AvgIpc) is 3.13. The van der Waals surface area contributed by atoms with Crippen LogP contribution in [-0.2, 0) is 11.2 Å². The minimum absolute atomic E-state index is 0.0129. The maximum atomic E-state index is 12.5. The van der Waals surface area contributed by atoms with Gasteiger partial charge in [-0.2, -0.15) is 0 Å². The van der Waals surface area contributed by atoms with Crippen molar-refractivity contribution in [2.24, 2.45) is 0 Å². The Kier molecular flexibility index (Phi) is 5.35. The van der Waals surface area contributed by atoms with Gasteiger partial charge in [0.15, 0.2) is 0 Å². The van der Waals surface area contributed by atoms with Gasteiger partial charge in [-0.05, 0) is 30.3 Å². The largest absolute Gasteiger partial charge is 0.469 e. The number of carbonyl (C=O) groups is 2. The molecule has 1 fully saturated rings. The van der Waals surface area contributed by atoms with Crippen LogP contribution in [0.15, 0.2) is 51.6 Å². The highest BCUT2D eigenvalue weighted by molar-refractivity contribution is 9.10. The van der Waals surface area contributed by atoms with Gasteiger partial charge >= 0.3 is 0 Å². The minimum Gasteiger partial charge on any atom is -0.469 e. The molecule has 1 saturated heterocycles. The summed E-state index contributed by atoms with van der Waals surface area (Å²) in [4.78, 5) is 28.4. The summed E-state index contributed by atoms with van der Waals surface area (Å²) in [5.41, 5.74) is 0.668. The lowest BCUT2D eigenvalue weighted by Gasteiger charge is -2.35. The van der Waals surface area contributed by atoms with Gasteiger partial charge in [-0.25, -0.2) is 0 Å². The van der Waals surface area contributed by atoms with Crippen LogP contribution >= 0.6 is 15.9 Å². The predicted molar refractivity (Wildman–Crippen MR) is 93.7 cm³/mol. The molecule has 3 rings (SSSR count). The Morgan fingerprint density at radius 1 is 1.04 bits per heavy atom. The van der Waals surface area contributed by atoms with Crippen LogP contribution in [0, 0.1) is 0 Å². The minimum atomic E-state index is 0.0129. The number of carbonyl (C=O) groups excluding carboxylic acids is 2. The highest BCUT2D eigenvalue weighted by Crippen LogP contribution is 2.15. The van der Waals surface area contributed by atoms with Gasteiger partial charge in [0.25, 0.3) is 5.91 Å². The summed E-state index contributed by atoms with van der Waals surface area (Å²) in [6.45, 7) is 2.29. The molecule has 0 bridgehead atoms. The fraction of sp³-hybridized carbons (Fsp3) is 0.333. The lowest BCUT2D eigenvalue weighted by Crippen LogP contribution is -2.50. The molecule has 1 aromatic heterocycles. The van der Waals surface area contributed by atoms with E-state index in [-0.39, 0.29) is 11.8 Å². The number of rotatable bonds is 4. The van der Waals surface area contributed by atoms with Crippen LogP contribution < -0.4 is 0 Å². The average molecular weight is 391 g/mol. The summed E-state index contributed by atoms with van der Waals surface area (Å²) in [7, 11) is 0. The molecule has 126 valence electrons. The number of piperazine rings is 1. The summed E-state index contributed by atoms with van der Waals surface area (Å²) in [5, 5.41) is 0. The SMILES string of the molecule is O=C(CCc1ccco1)N1CCN(C(=O)c2cccc(Br)c2)CC1. The van der Waals surface area contributed by atoms with Gasteiger partial charge in [-0.3, -0.25) is 9.59 Å². The number of halogens is 1. The van der Waals surface area contributed by atoms with Gasteiger partial charge in [-0.1, -0.05) is 22.0 Å². The number of aryl methyl sites for hydroxylation is 1. The van der Waals surface area contributed by atoms with Crippen molar-refractivity contribution in [3.63, 3.8) is 0 Å². The van der Waals surface area contributed by atoms with Crippen LogP contribution in [0.5, 0.6) is 0 Å². The first-order valence-corrected chi connectivity index (χ1v) is 8.78. The second kappa shape index (κ2) is 7.66. The van der Waals surface area contributed by atoms with Crippen LogP contribution in [0.25, 0.3) is 0 Å². The van der Waals surface area contributed by atoms with Crippen molar-refractivity contribution in [2.45, 2.75) is 12.8 Å². The predicted octanol–water partition coefficient (Wildman–Crippen LogP) is 2.96. The van der Waals surface area contributed by atoms with Crippen LogP contribution in [0.1, 0.15) is 22.5 Å². The number of benzene rings is 1. The van der Waals surface area contributed by atoms with E-state index in [0.717, 1.165) is 10.2 Å². The fourth-order valence-electron chi connectivity index (χ4n) is 2.81. The van der Waals surface area contributed by atoms with E-state index in [0.29, 0.717) is 44.6 Å². The van der Waals surface area contributed by atoms with Gasteiger partial charge in [0.05, 0.1) is 6.26 Å². The molecule has 0 unspecified atom stereocenters. The van der Waals surface area contributed by atoms with Crippen LogP contribution in [0.4, 0.5) is 0 Å². The Hall–Kier alpha value is -2.08. The molecule has 0 aliphatic carbocycles. The first kappa shape index (κ1) is 16.8. The molecule has 24 heavy (non-hydrogen) atoms. The lowest BCUT2D eigenvalue weighted by molar-refractivity contribution is -0.132. The molecule has 2 heterocycles. The van der Waals surface area contributed by atoms with E-state index in [1.165, 1.54) is 0 Å². The molecule has 0 atom stereocenters. The van der Waals surface area contributed by atoms with E-state index in [9.17, 15) is 9.59 Å². The molecular weight excluding hydrogens is 372 g/mol. The molecule has 0 N–H and O–H groups in total. The van der Waals surface area contributed by atoms with E-state index in [2.05, 4.69) is 15.9 Å². The standard InChI is InChI=1S/C18H19BrN2O3/c19-15-4-1-3-14(13-15)18(23)21-10-8-20(9-11-21)17(22)7-6-16-5-2-12-24-16/h1-5,12-13H,6-11H2. The zero-order chi connectivity index (χ0) is 16.9. The molecule has 0 spiro atoms. The van der Waals surface area contributed by atoms with Crippen molar-refractivity contribution >= 4 is 27.7 Å². The number of amides is 2. The number of hydrogen-bond acceptors (Lipinski definition) is 3. The molecular formula is C18H19BrN2O3. The third kappa shape index (κ3) is 4.06. The Morgan fingerprint density at radius 3 is 2.46 bits per heavy atom. The first-order valence-electron chi connectivity index (χ1n) is 7.98. The molecule has 0 radical (unpaired) electrons. The molecule has 1 aliphatic heterocycles. The normalized spacial score (nSPS) is 14.7. The summed E-state index contributed by atoms with van der Waals surface area (Å²) in [6, 6.07) is 11.1. The van der Waals surface area contributed by atoms with E-state index in [4.69, 9.17) is 4.42 Å². The zero-order valence-electron chi connectivity index (χ0n) is 13.3. The molecule has 2 amide bonds. The monoisotopic (exact) mass is 390 g/mol. The molecule has 2 aromatic rings. The fourth-order valence-corrected chi connectivity index (χ4v) is 3.21. The topological polar surface area (TPSA) is 53.8 Å². The smallest absolute Gasteiger partial charge is 0.254 e. The second-order valence-electron chi connectivity index (χ2n) is 5.76. The molecule has 1 aliphatic rings. The van der Waals surface area contributed by atoms with Crippen molar-refractivity contribution in [2.75, 3.05) is 26.2 Å². The Labute approximate surface area is 149 Å². The van der Waals surface area contributed by atoms with Gasteiger partial charge in [0, 0.05) is 49.1 Å². The summed E-state index contributed by atoms with van der Waals surface area (Å²) < 4.78 is 6.14. The number of furan rings is 1. The van der Waals surface area contributed by atoms with E-state index >= 15 is 0 Å². The molecule has 6 heteroatoms. The quantitative estimate of drug-likeness (QED) is 0.806. The highest BCUT2D eigenvalue weighted by atomic mass is 79.9. The third-order valence-corrected chi connectivity index (χ3v) is 4.65. The van der Waals surface area contributed by atoms with Crippen LogP contribution in [0.3, 0.4) is 0 Å². The van der Waals surface area contributed by atoms with Gasteiger partial charge in [0.2, 0.25) is 5.91 Å². The molecule has 5 nitrogen and oxygen atoms in total. The number of hydrogen-bond donors (Lipinski definition) is 0. The summed E-state index contributed by atoms with van der Waals surface area (Å²) in [6.07, 6.45) is 2.67. The van der Waals surface area contributed by atoms with E-state index < -0.39 is 0 Å². The Balaban J connectivity index is 1.50. The highest BCUT2D eigenvalue weighted by Gasteiger charge is 2.24. The second-order valence-corrected chi connectivity index (χ2v) is 6.68. The maximum absolute atomic E-state index is 12.5. The summed E-state index contributed by atoms with van der Waals surface area (Å²) in [5.74, 6) is 0.951. The summed E-state index contributed by atoms with van der Waals surface area (Å²) >= 11 is 3.39. The zero-order valence-corrected chi connectivity index (χ0v) is 14.9. The van der Waals surface area contributed by atoms with E-state index in [1.807, 2.05) is 41.3 Å². The van der Waals surface area contributed by atoms with Crippen molar-refractivity contribution in [3.8, 4) is 0 Å². The van der Waals surface area contributed by atoms with Crippen molar-refractivity contribution < 1.29 is 14.0 Å². The molecule has 0 saturated carbocycles. The van der Waals surface area contributed by atoms with Crippen molar-refractivity contribution in [1.29, 1.82) is 0 Å². The molecule has 1 aromatic carbocycles. The van der Waals surface area contributed by atoms with Gasteiger partial charge < -0.3 is 14.2 Å². The first-order chi connectivity index (χ1) is 11.6. The van der Waals surface area contributed by atoms with Crippen molar-refractivity contribution in [1.82, 2.24) is 9.80 Å². The Bertz CT molecular complexity index is 707. The maximum Gasteiger partial charge on any atom is 0.254 e. The van der Waals surface area contributed by atoms with Gasteiger partial charge in [-0.15, -0.1) is 0 Å². The lowest BCUT2D eigenvalue weighted by atomic mass is 10.1. The van der Waals surface area contributed by atoms with E-state index in [1.54, 1.807) is 11.2 Å². The number of nitrogens with zero attached hydrogens (tertiary/aromatic N) is 2. The van der Waals surface area contributed by atoms with Crippen LogP contribution in [0.2, 0.25) is 0 Å².